The summed E-state index contributed by atoms with van der Waals surface area (Å²) in [6.07, 6.45) is 3.96. The van der Waals surface area contributed by atoms with Gasteiger partial charge in [-0.25, -0.2) is 0 Å². The van der Waals surface area contributed by atoms with Crippen LogP contribution in [0.15, 0.2) is 84.9 Å². The average Bonchev–Trinajstić information content (AvgIpc) is 2.85. The SMILES string of the molecule is O=C(O)CC/C=C\CC1COC(c2ccccc2Cl)OC1(c1ccccc1O)c1ccccc1Cl. The molecule has 0 amide bonds. The number of halogens is 2. The smallest absolute Gasteiger partial charge is 0.303 e. The first-order chi connectivity index (χ1) is 16.9. The van der Waals surface area contributed by atoms with E-state index < -0.39 is 17.9 Å². The Labute approximate surface area is 214 Å². The van der Waals surface area contributed by atoms with Gasteiger partial charge < -0.3 is 19.7 Å². The van der Waals surface area contributed by atoms with Crippen LogP contribution in [-0.2, 0) is 19.9 Å². The maximum Gasteiger partial charge on any atom is 0.303 e. The Balaban J connectivity index is 1.84. The van der Waals surface area contributed by atoms with E-state index in [0.29, 0.717) is 46.2 Å². The molecule has 4 rings (SSSR count). The number of benzene rings is 3. The molecule has 0 aromatic heterocycles. The number of hydrogen-bond donors (Lipinski definition) is 2. The highest BCUT2D eigenvalue weighted by Crippen LogP contribution is 2.53. The summed E-state index contributed by atoms with van der Waals surface area (Å²) in [7, 11) is 0. The number of rotatable bonds is 8. The molecule has 1 aliphatic heterocycles. The molecular formula is C28H26Cl2O5. The molecule has 3 aromatic rings. The predicted molar refractivity (Wildman–Crippen MR) is 136 cm³/mol. The highest BCUT2D eigenvalue weighted by Gasteiger charge is 2.51. The van der Waals surface area contributed by atoms with Crippen LogP contribution in [0.3, 0.4) is 0 Å². The lowest BCUT2D eigenvalue weighted by atomic mass is 9.73. The number of carboxylic acids is 1. The molecule has 0 spiro atoms. The monoisotopic (exact) mass is 512 g/mol. The third-order valence-electron chi connectivity index (χ3n) is 6.17. The molecule has 7 heteroatoms. The molecule has 2 N–H and O–H groups in total. The lowest BCUT2D eigenvalue weighted by Crippen LogP contribution is -2.47. The van der Waals surface area contributed by atoms with E-state index in [2.05, 4.69) is 0 Å². The summed E-state index contributed by atoms with van der Waals surface area (Å²) < 4.78 is 13.0. The van der Waals surface area contributed by atoms with Crippen molar-refractivity contribution < 1.29 is 24.5 Å². The van der Waals surface area contributed by atoms with Crippen LogP contribution in [0.2, 0.25) is 10.0 Å². The minimum atomic E-state index is -1.16. The second-order valence-corrected chi connectivity index (χ2v) is 9.19. The molecule has 182 valence electrons. The topological polar surface area (TPSA) is 76.0 Å². The molecule has 3 aromatic carbocycles. The van der Waals surface area contributed by atoms with E-state index >= 15 is 0 Å². The van der Waals surface area contributed by atoms with Crippen molar-refractivity contribution in [1.82, 2.24) is 0 Å². The van der Waals surface area contributed by atoms with Crippen LogP contribution in [-0.4, -0.2) is 22.8 Å². The summed E-state index contributed by atoms with van der Waals surface area (Å²) in [5, 5.41) is 20.9. The average molecular weight is 513 g/mol. The number of carboxylic acid groups (broad SMARTS) is 1. The number of allylic oxidation sites excluding steroid dienone is 2. The highest BCUT2D eigenvalue weighted by atomic mass is 35.5. The van der Waals surface area contributed by atoms with Gasteiger partial charge in [-0.15, -0.1) is 0 Å². The van der Waals surface area contributed by atoms with Gasteiger partial charge in [0.2, 0.25) is 0 Å². The second-order valence-electron chi connectivity index (χ2n) is 8.37. The van der Waals surface area contributed by atoms with Crippen molar-refractivity contribution in [3.8, 4) is 5.75 Å². The Kier molecular flexibility index (Phi) is 8.14. The Hall–Kier alpha value is -2.83. The maximum absolute atomic E-state index is 11.0. The van der Waals surface area contributed by atoms with Gasteiger partial charge in [0.25, 0.3) is 0 Å². The van der Waals surface area contributed by atoms with Crippen LogP contribution in [0, 0.1) is 5.92 Å². The highest BCUT2D eigenvalue weighted by molar-refractivity contribution is 6.31. The van der Waals surface area contributed by atoms with Gasteiger partial charge in [0.1, 0.15) is 11.4 Å². The number of aromatic hydroxyl groups is 1. The van der Waals surface area contributed by atoms with Crippen LogP contribution in [0.25, 0.3) is 0 Å². The van der Waals surface area contributed by atoms with E-state index in [0.717, 1.165) is 0 Å². The summed E-state index contributed by atoms with van der Waals surface area (Å²) in [5.74, 6) is -1.05. The zero-order chi connectivity index (χ0) is 24.8. The normalized spacial score (nSPS) is 22.3. The number of phenols is 1. The van der Waals surface area contributed by atoms with Crippen LogP contribution in [0.5, 0.6) is 5.75 Å². The van der Waals surface area contributed by atoms with E-state index in [9.17, 15) is 9.90 Å². The van der Waals surface area contributed by atoms with Gasteiger partial charge in [-0.05, 0) is 31.0 Å². The molecule has 5 nitrogen and oxygen atoms in total. The number of para-hydroxylation sites is 1. The number of phenolic OH excluding ortho intramolecular Hbond substituents is 1. The quantitative estimate of drug-likeness (QED) is 0.314. The van der Waals surface area contributed by atoms with Crippen LogP contribution >= 0.6 is 23.2 Å². The fraction of sp³-hybridized carbons (Fsp3) is 0.250. The summed E-state index contributed by atoms with van der Waals surface area (Å²) in [5.41, 5.74) is 0.782. The molecule has 35 heavy (non-hydrogen) atoms. The largest absolute Gasteiger partial charge is 0.508 e. The minimum absolute atomic E-state index is 0.0534. The fourth-order valence-corrected chi connectivity index (χ4v) is 5.02. The first-order valence-corrected chi connectivity index (χ1v) is 12.1. The molecule has 1 heterocycles. The molecule has 0 aliphatic carbocycles. The van der Waals surface area contributed by atoms with Crippen molar-refractivity contribution in [2.45, 2.75) is 31.2 Å². The molecule has 0 radical (unpaired) electrons. The van der Waals surface area contributed by atoms with Gasteiger partial charge in [-0.1, -0.05) is 90.0 Å². The maximum atomic E-state index is 11.0. The van der Waals surface area contributed by atoms with E-state index in [1.807, 2.05) is 60.7 Å². The molecule has 0 bridgehead atoms. The van der Waals surface area contributed by atoms with Gasteiger partial charge in [-0.3, -0.25) is 4.79 Å². The lowest BCUT2D eigenvalue weighted by molar-refractivity contribution is -0.278. The second kappa shape index (κ2) is 11.3. The molecule has 1 fully saturated rings. The molecular weight excluding hydrogens is 487 g/mol. The van der Waals surface area contributed by atoms with Crippen molar-refractivity contribution >= 4 is 29.2 Å². The standard InChI is InChI=1S/C28H26Cl2O5/c29-23-14-7-4-11-20(23)27-34-18-19(10-2-1-3-17-26(32)33)28(35-27,21-12-5-8-15-24(21)30)22-13-6-9-16-25(22)31/h1-2,4-9,11-16,19,27,31H,3,10,17-18H2,(H,32,33)/b2-1-. The molecule has 3 unspecified atom stereocenters. The third-order valence-corrected chi connectivity index (χ3v) is 6.84. The molecule has 1 aliphatic rings. The first-order valence-electron chi connectivity index (χ1n) is 11.4. The summed E-state index contributed by atoms with van der Waals surface area (Å²) in [6, 6.07) is 21.8. The summed E-state index contributed by atoms with van der Waals surface area (Å²) in [6.45, 7) is 0.290. The summed E-state index contributed by atoms with van der Waals surface area (Å²) in [4.78, 5) is 10.9. The minimum Gasteiger partial charge on any atom is -0.508 e. The fourth-order valence-electron chi connectivity index (χ4n) is 4.52. The first kappa shape index (κ1) is 25.3. The molecule has 1 saturated heterocycles. The van der Waals surface area contributed by atoms with Crippen molar-refractivity contribution in [2.24, 2.45) is 5.92 Å². The van der Waals surface area contributed by atoms with Crippen LogP contribution < -0.4 is 0 Å². The number of aliphatic carboxylic acids is 1. The Bertz CT molecular complexity index is 1160. The van der Waals surface area contributed by atoms with Gasteiger partial charge in [0.15, 0.2) is 6.29 Å². The van der Waals surface area contributed by atoms with Gasteiger partial charge in [-0.2, -0.15) is 0 Å². The Morgan fingerprint density at radius 2 is 1.60 bits per heavy atom. The van der Waals surface area contributed by atoms with Crippen molar-refractivity contribution in [3.63, 3.8) is 0 Å². The van der Waals surface area contributed by atoms with E-state index in [1.165, 1.54) is 0 Å². The lowest BCUT2D eigenvalue weighted by Gasteiger charge is -2.48. The number of carbonyl (C=O) groups is 1. The zero-order valence-corrected chi connectivity index (χ0v) is 20.5. The van der Waals surface area contributed by atoms with Crippen molar-refractivity contribution in [1.29, 1.82) is 0 Å². The zero-order valence-electron chi connectivity index (χ0n) is 18.9. The van der Waals surface area contributed by atoms with Gasteiger partial charge in [0.05, 0.1) is 6.61 Å². The number of hydrogen-bond acceptors (Lipinski definition) is 4. The van der Waals surface area contributed by atoms with E-state index in [4.69, 9.17) is 37.8 Å². The number of ether oxygens (including phenoxy) is 2. The van der Waals surface area contributed by atoms with E-state index in [1.54, 1.807) is 24.3 Å². The predicted octanol–water partition coefficient (Wildman–Crippen LogP) is 7.12. The van der Waals surface area contributed by atoms with Crippen LogP contribution in [0.4, 0.5) is 0 Å². The molecule has 0 saturated carbocycles. The van der Waals surface area contributed by atoms with Crippen molar-refractivity contribution in [3.05, 3.63) is 112 Å². The van der Waals surface area contributed by atoms with Gasteiger partial charge in [0, 0.05) is 39.1 Å². The van der Waals surface area contributed by atoms with Crippen LogP contribution in [0.1, 0.15) is 42.2 Å². The Morgan fingerprint density at radius 1 is 0.943 bits per heavy atom. The third kappa shape index (κ3) is 5.39. The van der Waals surface area contributed by atoms with E-state index in [-0.39, 0.29) is 18.1 Å². The summed E-state index contributed by atoms with van der Waals surface area (Å²) >= 11 is 13.2. The Morgan fingerprint density at radius 3 is 2.29 bits per heavy atom. The molecule has 3 atom stereocenters. The van der Waals surface area contributed by atoms with Gasteiger partial charge >= 0.3 is 5.97 Å². The van der Waals surface area contributed by atoms with Crippen molar-refractivity contribution in [2.75, 3.05) is 6.61 Å².